The van der Waals surface area contributed by atoms with Crippen LogP contribution in [0.25, 0.3) is 0 Å². The van der Waals surface area contributed by atoms with Crippen LogP contribution in [0.4, 0.5) is 0 Å². The van der Waals surface area contributed by atoms with Gasteiger partial charge in [0.05, 0.1) is 12.1 Å². The zero-order valence-corrected chi connectivity index (χ0v) is 8.19. The number of H-pyrrole nitrogens is 1. The Balaban J connectivity index is 1.99. The third-order valence-corrected chi connectivity index (χ3v) is 2.50. The van der Waals surface area contributed by atoms with E-state index in [4.69, 9.17) is 5.26 Å². The van der Waals surface area contributed by atoms with Gasteiger partial charge >= 0.3 is 0 Å². The Morgan fingerprint density at radius 2 is 2.47 bits per heavy atom. The highest BCUT2D eigenvalue weighted by Gasteiger charge is 2.51. The van der Waals surface area contributed by atoms with E-state index in [1.807, 2.05) is 6.07 Å². The van der Waals surface area contributed by atoms with Gasteiger partial charge in [-0.1, -0.05) is 5.21 Å². The van der Waals surface area contributed by atoms with Crippen LogP contribution in [0.2, 0.25) is 0 Å². The molecule has 1 heterocycles. The van der Waals surface area contributed by atoms with Crippen LogP contribution in [-0.4, -0.2) is 26.5 Å². The zero-order valence-electron chi connectivity index (χ0n) is 8.19. The number of hydrogen-bond acceptors (Lipinski definition) is 5. The third-order valence-electron chi connectivity index (χ3n) is 2.50. The van der Waals surface area contributed by atoms with Crippen molar-refractivity contribution in [3.05, 3.63) is 5.82 Å². The number of aromatic amines is 1. The number of carbonyl (C=O) groups is 1. The van der Waals surface area contributed by atoms with Gasteiger partial charge in [0.25, 0.3) is 0 Å². The molecule has 78 valence electrons. The Hall–Kier alpha value is -1.97. The molecule has 1 aromatic heterocycles. The predicted molar refractivity (Wildman–Crippen MR) is 48.0 cm³/mol. The lowest BCUT2D eigenvalue weighted by Crippen LogP contribution is -2.33. The van der Waals surface area contributed by atoms with E-state index in [0.29, 0.717) is 18.7 Å². The molecule has 1 saturated carbocycles. The summed E-state index contributed by atoms with van der Waals surface area (Å²) in [7, 11) is 0. The molecule has 1 aliphatic rings. The molecule has 0 radical (unpaired) electrons. The van der Waals surface area contributed by atoms with E-state index in [1.165, 1.54) is 0 Å². The van der Waals surface area contributed by atoms with E-state index in [0.717, 1.165) is 0 Å². The van der Waals surface area contributed by atoms with Gasteiger partial charge < -0.3 is 5.32 Å². The smallest absolute Gasteiger partial charge is 0.241 e. The van der Waals surface area contributed by atoms with Crippen molar-refractivity contribution < 1.29 is 4.79 Å². The summed E-state index contributed by atoms with van der Waals surface area (Å²) >= 11 is 0. The normalized spacial score (nSPS) is 18.9. The van der Waals surface area contributed by atoms with Gasteiger partial charge in [-0.05, 0) is 19.8 Å². The van der Waals surface area contributed by atoms with Crippen molar-refractivity contribution in [2.24, 2.45) is 5.41 Å². The minimum Gasteiger partial charge on any atom is -0.345 e. The van der Waals surface area contributed by atoms with E-state index < -0.39 is 5.41 Å². The quantitative estimate of drug-likeness (QED) is 0.704. The molecule has 1 amide bonds. The van der Waals surface area contributed by atoms with Crippen LogP contribution in [0.5, 0.6) is 0 Å². The number of aromatic nitrogens is 4. The topological polar surface area (TPSA) is 107 Å². The summed E-state index contributed by atoms with van der Waals surface area (Å²) in [5.41, 5.74) is -0.808. The number of rotatable bonds is 3. The highest BCUT2D eigenvalue weighted by atomic mass is 16.2. The fourth-order valence-electron chi connectivity index (χ4n) is 1.27. The molecule has 2 N–H and O–H groups in total. The maximum atomic E-state index is 11.6. The van der Waals surface area contributed by atoms with E-state index >= 15 is 0 Å². The Kier molecular flexibility index (Phi) is 2.11. The average molecular weight is 206 g/mol. The summed E-state index contributed by atoms with van der Waals surface area (Å²) in [6, 6.07) is 1.70. The van der Waals surface area contributed by atoms with Crippen molar-refractivity contribution in [3.63, 3.8) is 0 Å². The highest BCUT2D eigenvalue weighted by Crippen LogP contribution is 2.45. The Bertz CT molecular complexity index is 401. The van der Waals surface area contributed by atoms with Crippen molar-refractivity contribution in [3.8, 4) is 6.07 Å². The van der Waals surface area contributed by atoms with Gasteiger partial charge in [-0.25, -0.2) is 0 Å². The number of nitrogens with one attached hydrogen (secondary N) is 2. The highest BCUT2D eigenvalue weighted by molar-refractivity contribution is 5.88. The molecule has 0 aromatic carbocycles. The number of carbonyl (C=O) groups excluding carboxylic acids is 1. The SMILES string of the molecule is CC(NC(=O)C1(C#N)CC1)c1nn[nH]n1. The Morgan fingerprint density at radius 3 is 2.93 bits per heavy atom. The van der Waals surface area contributed by atoms with Crippen molar-refractivity contribution in [2.45, 2.75) is 25.8 Å². The summed E-state index contributed by atoms with van der Waals surface area (Å²) in [5, 5.41) is 24.7. The van der Waals surface area contributed by atoms with Crippen molar-refractivity contribution in [2.75, 3.05) is 0 Å². The van der Waals surface area contributed by atoms with Crippen LogP contribution in [0, 0.1) is 16.7 Å². The van der Waals surface area contributed by atoms with Crippen molar-refractivity contribution in [1.29, 1.82) is 5.26 Å². The first-order chi connectivity index (χ1) is 7.18. The minimum absolute atomic E-state index is 0.248. The molecule has 1 aromatic rings. The minimum atomic E-state index is -0.808. The van der Waals surface area contributed by atoms with Gasteiger partial charge in [-0.3, -0.25) is 4.79 Å². The largest absolute Gasteiger partial charge is 0.345 e. The summed E-state index contributed by atoms with van der Waals surface area (Å²) in [5.74, 6) is 0.166. The molecule has 15 heavy (non-hydrogen) atoms. The van der Waals surface area contributed by atoms with Gasteiger partial charge in [0.2, 0.25) is 5.91 Å². The van der Waals surface area contributed by atoms with Crippen LogP contribution in [0.3, 0.4) is 0 Å². The fourth-order valence-corrected chi connectivity index (χ4v) is 1.27. The molecule has 1 atom stereocenters. The van der Waals surface area contributed by atoms with Gasteiger partial charge in [0.1, 0.15) is 5.41 Å². The van der Waals surface area contributed by atoms with Crippen molar-refractivity contribution in [1.82, 2.24) is 25.9 Å². The van der Waals surface area contributed by atoms with Crippen LogP contribution >= 0.6 is 0 Å². The number of nitriles is 1. The predicted octanol–water partition coefficient (Wildman–Crippen LogP) is -0.319. The molecule has 2 rings (SSSR count). The van der Waals surface area contributed by atoms with Gasteiger partial charge in [0, 0.05) is 0 Å². The molecule has 0 spiro atoms. The maximum Gasteiger partial charge on any atom is 0.241 e. The second kappa shape index (κ2) is 3.31. The van der Waals surface area contributed by atoms with Gasteiger partial charge in [0.15, 0.2) is 5.82 Å². The molecule has 7 heteroatoms. The first-order valence-corrected chi connectivity index (χ1v) is 4.63. The number of hydrogen-bond donors (Lipinski definition) is 2. The fraction of sp³-hybridized carbons (Fsp3) is 0.625. The zero-order chi connectivity index (χ0) is 10.9. The average Bonchev–Trinajstić information content (AvgIpc) is 2.84. The monoisotopic (exact) mass is 206 g/mol. The lowest BCUT2D eigenvalue weighted by Gasteiger charge is -2.11. The summed E-state index contributed by atoms with van der Waals surface area (Å²) < 4.78 is 0. The summed E-state index contributed by atoms with van der Waals surface area (Å²) in [6.07, 6.45) is 1.27. The molecule has 0 bridgehead atoms. The Labute approximate surface area is 85.9 Å². The van der Waals surface area contributed by atoms with Crippen molar-refractivity contribution >= 4 is 5.91 Å². The third kappa shape index (κ3) is 1.66. The molecule has 1 aliphatic carbocycles. The van der Waals surface area contributed by atoms with Crippen LogP contribution in [0.15, 0.2) is 0 Å². The van der Waals surface area contributed by atoms with Gasteiger partial charge in [-0.2, -0.15) is 10.5 Å². The second-order valence-electron chi connectivity index (χ2n) is 3.66. The van der Waals surface area contributed by atoms with Gasteiger partial charge in [-0.15, -0.1) is 10.2 Å². The maximum absolute atomic E-state index is 11.6. The van der Waals surface area contributed by atoms with Crippen LogP contribution in [0.1, 0.15) is 31.6 Å². The Morgan fingerprint density at radius 1 is 1.73 bits per heavy atom. The number of amides is 1. The number of tetrazole rings is 1. The molecule has 1 fully saturated rings. The lowest BCUT2D eigenvalue weighted by molar-refractivity contribution is -0.125. The summed E-state index contributed by atoms with van der Waals surface area (Å²) in [4.78, 5) is 11.6. The molecule has 0 saturated heterocycles. The molecule has 0 aliphatic heterocycles. The molecular weight excluding hydrogens is 196 g/mol. The first kappa shape index (κ1) is 9.58. The lowest BCUT2D eigenvalue weighted by atomic mass is 10.1. The van der Waals surface area contributed by atoms with E-state index in [2.05, 4.69) is 25.9 Å². The second-order valence-corrected chi connectivity index (χ2v) is 3.66. The first-order valence-electron chi connectivity index (χ1n) is 4.63. The molecule has 1 unspecified atom stereocenters. The summed E-state index contributed by atoms with van der Waals surface area (Å²) in [6.45, 7) is 1.75. The van der Waals surface area contributed by atoms with Crippen LogP contribution < -0.4 is 5.32 Å². The standard InChI is InChI=1S/C8H10N6O/c1-5(6-11-13-14-12-6)10-7(15)8(4-9)2-3-8/h5H,2-3H2,1H3,(H,10,15)(H,11,12,13,14). The molecular formula is C8H10N6O. The number of nitrogens with zero attached hydrogens (tertiary/aromatic N) is 4. The molecule has 7 nitrogen and oxygen atoms in total. The van der Waals surface area contributed by atoms with E-state index in [1.54, 1.807) is 6.92 Å². The van der Waals surface area contributed by atoms with E-state index in [9.17, 15) is 4.79 Å². The van der Waals surface area contributed by atoms with E-state index in [-0.39, 0.29) is 11.9 Å². The van der Waals surface area contributed by atoms with Crippen LogP contribution in [-0.2, 0) is 4.79 Å².